The number of hydrogen-bond acceptors (Lipinski definition) is 5. The van der Waals surface area contributed by atoms with E-state index in [1.807, 2.05) is 5.48 Å². The van der Waals surface area contributed by atoms with E-state index in [9.17, 15) is 9.59 Å². The first-order valence-electron chi connectivity index (χ1n) is 4.89. The van der Waals surface area contributed by atoms with E-state index < -0.39 is 18.6 Å². The highest BCUT2D eigenvalue weighted by atomic mass is 32.1. The fourth-order valence-electron chi connectivity index (χ4n) is 1.25. The Kier molecular flexibility index (Phi) is 3.70. The maximum atomic E-state index is 11.3. The van der Waals surface area contributed by atoms with Gasteiger partial charge in [-0.3, -0.25) is 4.84 Å². The summed E-state index contributed by atoms with van der Waals surface area (Å²) < 4.78 is 0.944. The highest BCUT2D eigenvalue weighted by Gasteiger charge is 2.04. The largest absolute Gasteiger partial charge is 0.479 e. The van der Waals surface area contributed by atoms with E-state index in [0.29, 0.717) is 5.69 Å². The van der Waals surface area contributed by atoms with Crippen molar-refractivity contribution < 1.29 is 19.5 Å². The van der Waals surface area contributed by atoms with Gasteiger partial charge in [-0.25, -0.2) is 20.1 Å². The molecule has 0 fully saturated rings. The molecule has 3 N–H and O–H groups in total. The number of hydrogen-bond donors (Lipinski definition) is 3. The Hall–Kier alpha value is -2.19. The molecule has 1 aromatic carbocycles. The van der Waals surface area contributed by atoms with Crippen LogP contribution in [0.5, 0.6) is 0 Å². The highest BCUT2D eigenvalue weighted by Crippen LogP contribution is 2.21. The predicted octanol–water partition coefficient (Wildman–Crippen LogP) is 1.43. The van der Waals surface area contributed by atoms with Crippen molar-refractivity contribution in [3.8, 4) is 0 Å². The average Bonchev–Trinajstić information content (AvgIpc) is 2.75. The van der Waals surface area contributed by atoms with Gasteiger partial charge in [0.05, 0.1) is 15.7 Å². The number of carbonyl (C=O) groups excluding carboxylic acids is 1. The molecule has 8 heteroatoms. The molecule has 0 saturated heterocycles. The van der Waals surface area contributed by atoms with Crippen molar-refractivity contribution in [2.75, 3.05) is 11.9 Å². The molecule has 2 aromatic rings. The molecule has 0 unspecified atom stereocenters. The fraction of sp³-hybridized carbons (Fsp3) is 0.100. The molecule has 0 bridgehead atoms. The Balaban J connectivity index is 1.91. The minimum absolute atomic E-state index is 0.572. The lowest BCUT2D eigenvalue weighted by Gasteiger charge is -2.06. The van der Waals surface area contributed by atoms with Gasteiger partial charge in [-0.15, -0.1) is 11.3 Å². The molecule has 0 aliphatic carbocycles. The second-order valence-corrected chi connectivity index (χ2v) is 4.16. The number of rotatable bonds is 4. The number of hydroxylamine groups is 1. The van der Waals surface area contributed by atoms with Crippen LogP contribution in [-0.4, -0.2) is 28.7 Å². The van der Waals surface area contributed by atoms with Crippen molar-refractivity contribution in [2.24, 2.45) is 0 Å². The maximum absolute atomic E-state index is 11.3. The number of benzene rings is 1. The normalized spacial score (nSPS) is 10.2. The van der Waals surface area contributed by atoms with Gasteiger partial charge >= 0.3 is 12.0 Å². The zero-order valence-electron chi connectivity index (χ0n) is 9.04. The van der Waals surface area contributed by atoms with Crippen LogP contribution in [0.15, 0.2) is 23.7 Å². The average molecular weight is 267 g/mol. The molecule has 0 radical (unpaired) electrons. The highest BCUT2D eigenvalue weighted by molar-refractivity contribution is 7.16. The molecule has 2 amide bonds. The van der Waals surface area contributed by atoms with Crippen molar-refractivity contribution in [3.05, 3.63) is 23.7 Å². The van der Waals surface area contributed by atoms with Crippen LogP contribution < -0.4 is 10.8 Å². The SMILES string of the molecule is O=C(O)CONC(=O)Nc1ccc2ncsc2c1. The van der Waals surface area contributed by atoms with Crippen LogP contribution in [0.2, 0.25) is 0 Å². The summed E-state index contributed by atoms with van der Waals surface area (Å²) in [5, 5.41) is 10.8. The monoisotopic (exact) mass is 267 g/mol. The molecular weight excluding hydrogens is 258 g/mol. The smallest absolute Gasteiger partial charge is 0.343 e. The lowest BCUT2D eigenvalue weighted by Crippen LogP contribution is -2.30. The number of aromatic nitrogens is 1. The van der Waals surface area contributed by atoms with Crippen LogP contribution in [0.4, 0.5) is 10.5 Å². The van der Waals surface area contributed by atoms with Crippen LogP contribution in [0.25, 0.3) is 10.2 Å². The molecule has 1 heterocycles. The summed E-state index contributed by atoms with van der Waals surface area (Å²) in [5.74, 6) is -1.17. The quantitative estimate of drug-likeness (QED) is 0.727. The van der Waals surface area contributed by atoms with Crippen molar-refractivity contribution >= 4 is 39.2 Å². The number of anilines is 1. The fourth-order valence-corrected chi connectivity index (χ4v) is 1.97. The molecule has 0 saturated carbocycles. The third-order valence-corrected chi connectivity index (χ3v) is 2.74. The van der Waals surface area contributed by atoms with Crippen molar-refractivity contribution in [2.45, 2.75) is 0 Å². The zero-order valence-corrected chi connectivity index (χ0v) is 9.86. The number of thiazole rings is 1. The van der Waals surface area contributed by atoms with Crippen molar-refractivity contribution in [1.29, 1.82) is 0 Å². The van der Waals surface area contributed by atoms with E-state index in [2.05, 4.69) is 15.1 Å². The zero-order chi connectivity index (χ0) is 13.0. The van der Waals surface area contributed by atoms with Gasteiger partial charge in [0.1, 0.15) is 0 Å². The van der Waals surface area contributed by atoms with Gasteiger partial charge in [0.2, 0.25) is 0 Å². The van der Waals surface area contributed by atoms with Crippen LogP contribution in [-0.2, 0) is 9.63 Å². The summed E-state index contributed by atoms with van der Waals surface area (Å²) in [6.45, 7) is -0.596. The van der Waals surface area contributed by atoms with Gasteiger partial charge in [-0.05, 0) is 18.2 Å². The Labute approximate surface area is 105 Å². The Morgan fingerprint density at radius 1 is 1.44 bits per heavy atom. The third-order valence-electron chi connectivity index (χ3n) is 1.95. The van der Waals surface area contributed by atoms with E-state index in [1.165, 1.54) is 11.3 Å². The Morgan fingerprint density at radius 2 is 2.28 bits per heavy atom. The number of nitrogens with one attached hydrogen (secondary N) is 2. The third kappa shape index (κ3) is 3.15. The molecule has 94 valence electrons. The van der Waals surface area contributed by atoms with E-state index in [4.69, 9.17) is 5.11 Å². The summed E-state index contributed by atoms with van der Waals surface area (Å²) in [6.07, 6.45) is 0. The number of carbonyl (C=O) groups is 2. The van der Waals surface area contributed by atoms with Crippen molar-refractivity contribution in [1.82, 2.24) is 10.5 Å². The number of nitrogens with zero attached hydrogens (tertiary/aromatic N) is 1. The molecule has 0 aliphatic rings. The van der Waals surface area contributed by atoms with Crippen LogP contribution >= 0.6 is 11.3 Å². The van der Waals surface area contributed by atoms with E-state index >= 15 is 0 Å². The first-order chi connectivity index (χ1) is 8.65. The van der Waals surface area contributed by atoms with Crippen LogP contribution in [0, 0.1) is 0 Å². The lowest BCUT2D eigenvalue weighted by atomic mass is 10.3. The summed E-state index contributed by atoms with van der Waals surface area (Å²) in [4.78, 5) is 30.0. The molecule has 1 aromatic heterocycles. The van der Waals surface area contributed by atoms with E-state index in [-0.39, 0.29) is 0 Å². The lowest BCUT2D eigenvalue weighted by molar-refractivity contribution is -0.143. The number of carboxylic acids is 1. The molecule has 0 aliphatic heterocycles. The van der Waals surface area contributed by atoms with Gasteiger partial charge in [0.15, 0.2) is 6.61 Å². The van der Waals surface area contributed by atoms with Crippen LogP contribution in [0.3, 0.4) is 0 Å². The van der Waals surface area contributed by atoms with Gasteiger partial charge in [-0.1, -0.05) is 0 Å². The maximum Gasteiger partial charge on any atom is 0.343 e. The first-order valence-corrected chi connectivity index (χ1v) is 5.77. The number of carboxylic acid groups (broad SMARTS) is 1. The molecule has 0 atom stereocenters. The second kappa shape index (κ2) is 5.43. The standard InChI is InChI=1S/C10H9N3O4S/c14-9(15)4-17-13-10(16)12-6-1-2-7-8(3-6)18-5-11-7/h1-3,5H,4H2,(H,14,15)(H2,12,13,16). The number of urea groups is 1. The number of aliphatic carboxylic acids is 1. The Morgan fingerprint density at radius 3 is 3.06 bits per heavy atom. The first kappa shape index (κ1) is 12.3. The molecule has 2 rings (SSSR count). The van der Waals surface area contributed by atoms with Gasteiger partial charge in [0.25, 0.3) is 0 Å². The number of amides is 2. The summed E-state index contributed by atoms with van der Waals surface area (Å²) in [6, 6.07) is 4.60. The second-order valence-electron chi connectivity index (χ2n) is 3.27. The van der Waals surface area contributed by atoms with Gasteiger partial charge in [-0.2, -0.15) is 0 Å². The topological polar surface area (TPSA) is 101 Å². The molecule has 0 spiro atoms. The van der Waals surface area contributed by atoms with Gasteiger partial charge in [0, 0.05) is 5.69 Å². The molecular formula is C10H9N3O4S. The predicted molar refractivity (Wildman–Crippen MR) is 65.4 cm³/mol. The summed E-state index contributed by atoms with van der Waals surface area (Å²) in [7, 11) is 0. The summed E-state index contributed by atoms with van der Waals surface area (Å²) in [5.41, 5.74) is 5.10. The number of fused-ring (bicyclic) bond motifs is 1. The van der Waals surface area contributed by atoms with E-state index in [0.717, 1.165) is 10.2 Å². The van der Waals surface area contributed by atoms with Gasteiger partial charge < -0.3 is 10.4 Å². The minimum atomic E-state index is -1.17. The minimum Gasteiger partial charge on any atom is -0.479 e. The summed E-state index contributed by atoms with van der Waals surface area (Å²) >= 11 is 1.46. The molecule has 18 heavy (non-hydrogen) atoms. The van der Waals surface area contributed by atoms with E-state index in [1.54, 1.807) is 23.7 Å². The molecule has 7 nitrogen and oxygen atoms in total. The van der Waals surface area contributed by atoms with Crippen molar-refractivity contribution in [3.63, 3.8) is 0 Å². The van der Waals surface area contributed by atoms with Crippen LogP contribution in [0.1, 0.15) is 0 Å². The Bertz CT molecular complexity index is 583.